The summed E-state index contributed by atoms with van der Waals surface area (Å²) in [6, 6.07) is 21.1. The zero-order valence-corrected chi connectivity index (χ0v) is 22.8. The van der Waals surface area contributed by atoms with Crippen molar-refractivity contribution < 1.29 is 9.18 Å². The minimum Gasteiger partial charge on any atom is -0.388 e. The second-order valence-corrected chi connectivity index (χ2v) is 10.5. The van der Waals surface area contributed by atoms with Gasteiger partial charge in [-0.15, -0.1) is 11.3 Å². The van der Waals surface area contributed by atoms with E-state index in [0.29, 0.717) is 15.5 Å². The van der Waals surface area contributed by atoms with Crippen molar-refractivity contribution in [1.82, 2.24) is 4.90 Å². The van der Waals surface area contributed by atoms with Crippen molar-refractivity contribution in [3.8, 4) is 11.1 Å². The summed E-state index contributed by atoms with van der Waals surface area (Å²) in [5.74, 6) is -0.400. The highest BCUT2D eigenvalue weighted by molar-refractivity contribution is 7.21. The molecule has 1 aliphatic carbocycles. The Balaban J connectivity index is 0.00000156. The molecule has 0 atom stereocenters. The predicted octanol–water partition coefficient (Wildman–Crippen LogP) is 7.95. The van der Waals surface area contributed by atoms with Gasteiger partial charge < -0.3 is 16.0 Å². The van der Waals surface area contributed by atoms with Crippen molar-refractivity contribution in [2.45, 2.75) is 44.7 Å². The molecule has 1 saturated carbocycles. The van der Waals surface area contributed by atoms with Crippen LogP contribution in [-0.2, 0) is 6.54 Å². The predicted molar refractivity (Wildman–Crippen MR) is 155 cm³/mol. The van der Waals surface area contributed by atoms with E-state index >= 15 is 4.39 Å². The van der Waals surface area contributed by atoms with Crippen molar-refractivity contribution >= 4 is 44.6 Å². The topological polar surface area (TPSA) is 58.4 Å². The van der Waals surface area contributed by atoms with Crippen molar-refractivity contribution in [3.05, 3.63) is 88.0 Å². The lowest BCUT2D eigenvalue weighted by Crippen LogP contribution is -2.41. The Morgan fingerprint density at radius 2 is 1.70 bits per heavy atom. The maximum Gasteiger partial charge on any atom is 0.266 e. The van der Waals surface area contributed by atoms with E-state index in [1.165, 1.54) is 30.9 Å². The quantitative estimate of drug-likeness (QED) is 0.262. The minimum atomic E-state index is -0.295. The van der Waals surface area contributed by atoms with Crippen LogP contribution in [0.1, 0.15) is 47.3 Å². The van der Waals surface area contributed by atoms with Gasteiger partial charge >= 0.3 is 0 Å². The number of amides is 1. The van der Waals surface area contributed by atoms with Gasteiger partial charge in [-0.1, -0.05) is 67.3 Å². The van der Waals surface area contributed by atoms with Gasteiger partial charge in [0.05, 0.1) is 5.02 Å². The van der Waals surface area contributed by atoms with Gasteiger partial charge in [-0.25, -0.2) is 4.39 Å². The highest BCUT2D eigenvalue weighted by atomic mass is 35.5. The number of carbonyl (C=O) groups excluding carboxylic acids is 1. The summed E-state index contributed by atoms with van der Waals surface area (Å²) in [5.41, 5.74) is 7.98. The van der Waals surface area contributed by atoms with E-state index in [-0.39, 0.29) is 24.3 Å². The second-order valence-electron chi connectivity index (χ2n) is 9.10. The molecular weight excluding hydrogens is 505 g/mol. The fourth-order valence-electron chi connectivity index (χ4n) is 4.93. The lowest BCUT2D eigenvalue weighted by Gasteiger charge is -2.34. The SMILES string of the molecule is CN.CNc1ccc(-c2ccc(F)c(CN(C(=O)c3sc4ccccc4c3Cl)C3CCCCC3)c2)cc1. The summed E-state index contributed by atoms with van der Waals surface area (Å²) in [5, 5.41) is 4.51. The molecule has 3 N–H and O–H groups in total. The van der Waals surface area contributed by atoms with E-state index in [4.69, 9.17) is 11.6 Å². The number of nitrogens with one attached hydrogen (secondary N) is 1. The first kappa shape index (κ1) is 27.1. The number of fused-ring (bicyclic) bond motifs is 1. The number of benzene rings is 3. The van der Waals surface area contributed by atoms with E-state index in [9.17, 15) is 4.79 Å². The number of hydrogen-bond donors (Lipinski definition) is 2. The molecule has 37 heavy (non-hydrogen) atoms. The van der Waals surface area contributed by atoms with Crippen LogP contribution >= 0.6 is 22.9 Å². The third kappa shape index (κ3) is 5.98. The van der Waals surface area contributed by atoms with Crippen molar-refractivity contribution in [2.75, 3.05) is 19.4 Å². The number of thiophene rings is 1. The third-order valence-electron chi connectivity index (χ3n) is 6.90. The van der Waals surface area contributed by atoms with Gasteiger partial charge in [-0.05, 0) is 61.3 Å². The number of anilines is 1. The lowest BCUT2D eigenvalue weighted by molar-refractivity contribution is 0.0617. The molecule has 0 unspecified atom stereocenters. The van der Waals surface area contributed by atoms with Gasteiger partial charge in [-0.2, -0.15) is 0 Å². The zero-order valence-electron chi connectivity index (χ0n) is 21.3. The Kier molecular flexibility index (Phi) is 9.19. The second kappa shape index (κ2) is 12.5. The van der Waals surface area contributed by atoms with Crippen LogP contribution in [0.5, 0.6) is 0 Å². The molecule has 1 fully saturated rings. The summed E-state index contributed by atoms with van der Waals surface area (Å²) in [7, 11) is 3.38. The number of halogens is 2. The molecule has 0 saturated heterocycles. The zero-order chi connectivity index (χ0) is 26.4. The van der Waals surface area contributed by atoms with Crippen LogP contribution in [0.2, 0.25) is 5.02 Å². The van der Waals surface area contributed by atoms with E-state index in [0.717, 1.165) is 52.6 Å². The molecule has 194 valence electrons. The van der Waals surface area contributed by atoms with Crippen LogP contribution in [-0.4, -0.2) is 30.9 Å². The maximum absolute atomic E-state index is 15.1. The van der Waals surface area contributed by atoms with Crippen molar-refractivity contribution in [3.63, 3.8) is 0 Å². The average Bonchev–Trinajstić information content (AvgIpc) is 3.30. The molecule has 3 aromatic carbocycles. The normalized spacial score (nSPS) is 13.6. The summed E-state index contributed by atoms with van der Waals surface area (Å²) in [4.78, 5) is 16.3. The Hall–Kier alpha value is -2.93. The lowest BCUT2D eigenvalue weighted by atomic mass is 9.93. The fourth-order valence-corrected chi connectivity index (χ4v) is 6.40. The highest BCUT2D eigenvalue weighted by Crippen LogP contribution is 2.37. The number of hydrogen-bond acceptors (Lipinski definition) is 4. The first-order chi connectivity index (χ1) is 18.0. The molecule has 5 rings (SSSR count). The molecule has 7 heteroatoms. The Morgan fingerprint density at radius 1 is 1.03 bits per heavy atom. The Bertz CT molecular complexity index is 1350. The van der Waals surface area contributed by atoms with Gasteiger partial charge in [0.15, 0.2) is 0 Å². The highest BCUT2D eigenvalue weighted by Gasteiger charge is 2.30. The van der Waals surface area contributed by atoms with E-state index in [1.807, 2.05) is 66.5 Å². The number of rotatable bonds is 6. The first-order valence-electron chi connectivity index (χ1n) is 12.7. The standard InChI is InChI=1S/C29H28ClFN2OS.CH5N/c1-32-22-14-11-19(12-15-22)20-13-16-25(31)21(17-20)18-33(23-7-3-2-4-8-23)29(34)28-27(30)24-9-5-6-10-26(24)35-28;1-2/h5-6,9-17,23,32H,2-4,7-8,18H2,1H3;2H2,1H3. The van der Waals surface area contributed by atoms with Crippen LogP contribution in [0.15, 0.2) is 66.7 Å². The molecule has 0 spiro atoms. The van der Waals surface area contributed by atoms with E-state index in [1.54, 1.807) is 6.07 Å². The average molecular weight is 538 g/mol. The van der Waals surface area contributed by atoms with Gasteiger partial charge in [0.2, 0.25) is 0 Å². The van der Waals surface area contributed by atoms with Crippen LogP contribution in [0, 0.1) is 5.82 Å². The maximum atomic E-state index is 15.1. The molecule has 1 aliphatic rings. The van der Waals surface area contributed by atoms with Crippen LogP contribution < -0.4 is 11.1 Å². The first-order valence-corrected chi connectivity index (χ1v) is 13.9. The molecular formula is C30H33ClFN3OS. The largest absolute Gasteiger partial charge is 0.388 e. The van der Waals surface area contributed by atoms with Gasteiger partial charge in [-0.3, -0.25) is 4.79 Å². The fraction of sp³-hybridized carbons (Fsp3) is 0.300. The Labute approximate surface area is 227 Å². The van der Waals surface area contributed by atoms with Gasteiger partial charge in [0.1, 0.15) is 10.7 Å². The van der Waals surface area contributed by atoms with E-state index < -0.39 is 0 Å². The molecule has 0 radical (unpaired) electrons. The van der Waals surface area contributed by atoms with Crippen LogP contribution in [0.4, 0.5) is 10.1 Å². The summed E-state index contributed by atoms with van der Waals surface area (Å²) in [6.07, 6.45) is 5.20. The number of carbonyl (C=O) groups is 1. The Morgan fingerprint density at radius 3 is 2.38 bits per heavy atom. The monoisotopic (exact) mass is 537 g/mol. The minimum absolute atomic E-state index is 0.0792. The molecule has 0 bridgehead atoms. The van der Waals surface area contributed by atoms with E-state index in [2.05, 4.69) is 11.1 Å². The molecule has 4 aromatic rings. The molecule has 1 heterocycles. The summed E-state index contributed by atoms with van der Waals surface area (Å²) >= 11 is 8.10. The number of nitrogens with two attached hydrogens (primary N) is 1. The summed E-state index contributed by atoms with van der Waals surface area (Å²) in [6.45, 7) is 0.225. The van der Waals surface area contributed by atoms with Gasteiger partial charge in [0.25, 0.3) is 5.91 Å². The molecule has 1 aromatic heterocycles. The smallest absolute Gasteiger partial charge is 0.266 e. The van der Waals surface area contributed by atoms with Crippen LogP contribution in [0.25, 0.3) is 21.2 Å². The van der Waals surface area contributed by atoms with Gasteiger partial charge in [0, 0.05) is 41.0 Å². The number of nitrogens with zero attached hydrogens (tertiary/aromatic N) is 1. The third-order valence-corrected chi connectivity index (χ3v) is 8.56. The van der Waals surface area contributed by atoms with Crippen LogP contribution in [0.3, 0.4) is 0 Å². The molecule has 0 aliphatic heterocycles. The molecule has 1 amide bonds. The van der Waals surface area contributed by atoms with Crippen molar-refractivity contribution in [2.24, 2.45) is 5.73 Å². The van der Waals surface area contributed by atoms with Crippen molar-refractivity contribution in [1.29, 1.82) is 0 Å². The summed E-state index contributed by atoms with van der Waals surface area (Å²) < 4.78 is 16.1. The molecule has 4 nitrogen and oxygen atoms in total.